The Labute approximate surface area is 154 Å². The van der Waals surface area contributed by atoms with Crippen molar-refractivity contribution in [2.24, 2.45) is 7.05 Å². The van der Waals surface area contributed by atoms with Crippen molar-refractivity contribution < 1.29 is 27.9 Å². The molecule has 152 valence electrons. The highest BCUT2D eigenvalue weighted by molar-refractivity contribution is 5.74. The molecule has 1 heterocycles. The molecule has 1 aromatic heterocycles. The van der Waals surface area contributed by atoms with Gasteiger partial charge >= 0.3 is 18.2 Å². The average molecular weight is 391 g/mol. The molecule has 0 aliphatic heterocycles. The standard InChI is InChI=1S/C16H24F3N5O3/c1-4-24(9-13(25)26)12-5-11(6-12)20-15(27)22(2)7-10-8-23(3)21-14(10)16(17,18)19/h8,11-12H,4-7,9H2,1-3H3,(H,20,27)(H,25,26). The first-order valence-electron chi connectivity index (χ1n) is 8.58. The number of nitrogens with one attached hydrogen (secondary N) is 1. The van der Waals surface area contributed by atoms with Crippen molar-refractivity contribution in [3.05, 3.63) is 17.5 Å². The van der Waals surface area contributed by atoms with Crippen LogP contribution in [0.15, 0.2) is 6.20 Å². The van der Waals surface area contributed by atoms with Crippen LogP contribution in [0.5, 0.6) is 0 Å². The van der Waals surface area contributed by atoms with Crippen LogP contribution in [0, 0.1) is 0 Å². The van der Waals surface area contributed by atoms with Gasteiger partial charge < -0.3 is 15.3 Å². The van der Waals surface area contributed by atoms with Crippen LogP contribution in [0.1, 0.15) is 31.0 Å². The fraction of sp³-hybridized carbons (Fsp3) is 0.688. The average Bonchev–Trinajstić information content (AvgIpc) is 2.88. The maximum atomic E-state index is 13.0. The summed E-state index contributed by atoms with van der Waals surface area (Å²) in [5.74, 6) is -0.902. The number of amides is 2. The quantitative estimate of drug-likeness (QED) is 0.736. The van der Waals surface area contributed by atoms with Gasteiger partial charge in [-0.25, -0.2) is 4.79 Å². The molecule has 1 aliphatic carbocycles. The maximum absolute atomic E-state index is 13.0. The number of aromatic nitrogens is 2. The molecular formula is C16H24F3N5O3. The first kappa shape index (κ1) is 21.0. The smallest absolute Gasteiger partial charge is 0.435 e. The van der Waals surface area contributed by atoms with Gasteiger partial charge in [-0.1, -0.05) is 6.92 Å². The molecule has 11 heteroatoms. The number of aryl methyl sites for hydroxylation is 1. The number of alkyl halides is 3. The number of aliphatic carboxylic acids is 1. The topological polar surface area (TPSA) is 90.7 Å². The van der Waals surface area contributed by atoms with Gasteiger partial charge in [-0.3, -0.25) is 14.4 Å². The number of carboxylic acids is 1. The number of carbonyl (C=O) groups excluding carboxylic acids is 1. The maximum Gasteiger partial charge on any atom is 0.435 e. The van der Waals surface area contributed by atoms with Gasteiger partial charge in [-0.15, -0.1) is 0 Å². The van der Waals surface area contributed by atoms with Gasteiger partial charge in [-0.2, -0.15) is 18.3 Å². The minimum Gasteiger partial charge on any atom is -0.480 e. The van der Waals surface area contributed by atoms with E-state index in [9.17, 15) is 22.8 Å². The summed E-state index contributed by atoms with van der Waals surface area (Å²) in [7, 11) is 2.81. The summed E-state index contributed by atoms with van der Waals surface area (Å²) in [5.41, 5.74) is -1.08. The van der Waals surface area contributed by atoms with Crippen molar-refractivity contribution in [3.8, 4) is 0 Å². The summed E-state index contributed by atoms with van der Waals surface area (Å²) in [5, 5.41) is 15.1. The molecule has 0 atom stereocenters. The third kappa shape index (κ3) is 5.34. The van der Waals surface area contributed by atoms with Gasteiger partial charge in [0.15, 0.2) is 5.69 Å². The molecule has 2 amide bonds. The van der Waals surface area contributed by atoms with Crippen molar-refractivity contribution in [1.82, 2.24) is 24.9 Å². The van der Waals surface area contributed by atoms with Crippen molar-refractivity contribution in [2.75, 3.05) is 20.1 Å². The second-order valence-electron chi connectivity index (χ2n) is 6.76. The predicted molar refractivity (Wildman–Crippen MR) is 89.9 cm³/mol. The Hall–Kier alpha value is -2.30. The lowest BCUT2D eigenvalue weighted by Gasteiger charge is -2.42. The van der Waals surface area contributed by atoms with Gasteiger partial charge in [0.25, 0.3) is 0 Å². The van der Waals surface area contributed by atoms with Gasteiger partial charge in [0.1, 0.15) is 0 Å². The largest absolute Gasteiger partial charge is 0.480 e. The van der Waals surface area contributed by atoms with Crippen LogP contribution in [0.4, 0.5) is 18.0 Å². The van der Waals surface area contributed by atoms with Crippen LogP contribution in [0.3, 0.4) is 0 Å². The Morgan fingerprint density at radius 3 is 2.56 bits per heavy atom. The Morgan fingerprint density at radius 1 is 1.41 bits per heavy atom. The number of hydrogen-bond acceptors (Lipinski definition) is 4. The summed E-state index contributed by atoms with van der Waals surface area (Å²) in [6.45, 7) is 2.20. The van der Waals surface area contributed by atoms with E-state index >= 15 is 0 Å². The zero-order chi connectivity index (χ0) is 20.4. The Morgan fingerprint density at radius 2 is 2.04 bits per heavy atom. The van der Waals surface area contributed by atoms with E-state index in [1.165, 1.54) is 25.2 Å². The van der Waals surface area contributed by atoms with Crippen LogP contribution < -0.4 is 5.32 Å². The normalized spacial score (nSPS) is 19.7. The number of nitrogens with zero attached hydrogens (tertiary/aromatic N) is 4. The molecule has 0 bridgehead atoms. The van der Waals surface area contributed by atoms with Crippen molar-refractivity contribution in [2.45, 2.75) is 44.6 Å². The highest BCUT2D eigenvalue weighted by Gasteiger charge is 2.38. The van der Waals surface area contributed by atoms with E-state index < -0.39 is 23.9 Å². The minimum absolute atomic E-state index is 0.0526. The van der Waals surface area contributed by atoms with E-state index in [0.29, 0.717) is 19.4 Å². The molecule has 0 spiro atoms. The van der Waals surface area contributed by atoms with Crippen molar-refractivity contribution in [3.63, 3.8) is 0 Å². The molecule has 2 rings (SSSR count). The first-order chi connectivity index (χ1) is 12.5. The number of carbonyl (C=O) groups is 2. The molecule has 2 N–H and O–H groups in total. The van der Waals surface area contributed by atoms with Gasteiger partial charge in [0.05, 0.1) is 13.1 Å². The second-order valence-corrected chi connectivity index (χ2v) is 6.76. The monoisotopic (exact) mass is 391 g/mol. The van der Waals surface area contributed by atoms with Gasteiger partial charge in [-0.05, 0) is 19.4 Å². The number of likely N-dealkylation sites (N-methyl/N-ethyl adjacent to an activating group) is 1. The summed E-state index contributed by atoms with van der Waals surface area (Å²) < 4.78 is 40.0. The highest BCUT2D eigenvalue weighted by Crippen LogP contribution is 2.31. The molecule has 1 fully saturated rings. The number of carboxylic acid groups (broad SMARTS) is 1. The molecule has 8 nitrogen and oxygen atoms in total. The van der Waals surface area contributed by atoms with Crippen LogP contribution in [-0.4, -0.2) is 68.9 Å². The Kier molecular flexibility index (Phi) is 6.34. The van der Waals surface area contributed by atoms with Gasteiger partial charge in [0.2, 0.25) is 0 Å². The zero-order valence-electron chi connectivity index (χ0n) is 15.5. The lowest BCUT2D eigenvalue weighted by Crippen LogP contribution is -2.56. The Bertz CT molecular complexity index is 685. The minimum atomic E-state index is -4.58. The molecule has 0 saturated heterocycles. The number of halogens is 3. The Balaban J connectivity index is 1.87. The molecule has 1 saturated carbocycles. The van der Waals surface area contributed by atoms with Crippen LogP contribution in [-0.2, 0) is 24.6 Å². The van der Waals surface area contributed by atoms with Crippen molar-refractivity contribution >= 4 is 12.0 Å². The third-order valence-corrected chi connectivity index (χ3v) is 4.63. The molecule has 0 unspecified atom stereocenters. The van der Waals surface area contributed by atoms with Crippen LogP contribution in [0.25, 0.3) is 0 Å². The summed E-state index contributed by atoms with van der Waals surface area (Å²) in [6, 6.07) is -0.516. The third-order valence-electron chi connectivity index (χ3n) is 4.63. The lowest BCUT2D eigenvalue weighted by molar-refractivity contribution is -0.142. The number of urea groups is 1. The first-order valence-corrected chi connectivity index (χ1v) is 8.58. The van der Waals surface area contributed by atoms with E-state index in [1.54, 1.807) is 0 Å². The fourth-order valence-corrected chi connectivity index (χ4v) is 3.18. The van der Waals surface area contributed by atoms with Crippen LogP contribution >= 0.6 is 0 Å². The molecule has 1 aliphatic rings. The molecular weight excluding hydrogens is 367 g/mol. The van der Waals surface area contributed by atoms with E-state index in [2.05, 4.69) is 10.4 Å². The number of rotatable bonds is 7. The highest BCUT2D eigenvalue weighted by atomic mass is 19.4. The summed E-state index contributed by atoms with van der Waals surface area (Å²) in [4.78, 5) is 26.1. The number of hydrogen-bond donors (Lipinski definition) is 2. The summed E-state index contributed by atoms with van der Waals surface area (Å²) >= 11 is 0. The predicted octanol–water partition coefficient (Wildman–Crippen LogP) is 1.52. The van der Waals surface area contributed by atoms with E-state index in [4.69, 9.17) is 5.11 Å². The van der Waals surface area contributed by atoms with Crippen LogP contribution in [0.2, 0.25) is 0 Å². The van der Waals surface area contributed by atoms with Crippen molar-refractivity contribution in [1.29, 1.82) is 0 Å². The second kappa shape index (κ2) is 8.15. The molecule has 1 aromatic rings. The van der Waals surface area contributed by atoms with E-state index in [-0.39, 0.29) is 30.7 Å². The van der Waals surface area contributed by atoms with E-state index in [0.717, 1.165) is 4.68 Å². The zero-order valence-corrected chi connectivity index (χ0v) is 15.5. The van der Waals surface area contributed by atoms with E-state index in [1.807, 2.05) is 11.8 Å². The molecule has 0 aromatic carbocycles. The van der Waals surface area contributed by atoms with Gasteiger partial charge in [0, 0.05) is 37.9 Å². The lowest BCUT2D eigenvalue weighted by atomic mass is 9.85. The SMILES string of the molecule is CCN(CC(=O)O)C1CC(NC(=O)N(C)Cc2cn(C)nc2C(F)(F)F)C1. The molecule has 0 radical (unpaired) electrons. The summed E-state index contributed by atoms with van der Waals surface area (Å²) in [6.07, 6.45) is -2.11. The fourth-order valence-electron chi connectivity index (χ4n) is 3.18. The molecule has 27 heavy (non-hydrogen) atoms.